The summed E-state index contributed by atoms with van der Waals surface area (Å²) < 4.78 is 1.26. The molecular formula is C11H10OS. The molecule has 1 aromatic carbocycles. The Morgan fingerprint density at radius 1 is 1.46 bits per heavy atom. The molecule has 0 aliphatic carbocycles. The van der Waals surface area contributed by atoms with Gasteiger partial charge in [-0.1, -0.05) is 25.1 Å². The van der Waals surface area contributed by atoms with Crippen molar-refractivity contribution in [1.82, 2.24) is 0 Å². The fraction of sp³-hybridized carbons (Fsp3) is 0.182. The van der Waals surface area contributed by atoms with Crippen molar-refractivity contribution in [1.29, 1.82) is 0 Å². The van der Waals surface area contributed by atoms with Gasteiger partial charge < -0.3 is 0 Å². The van der Waals surface area contributed by atoms with E-state index in [-0.39, 0.29) is 0 Å². The highest BCUT2D eigenvalue weighted by molar-refractivity contribution is 7.17. The van der Waals surface area contributed by atoms with E-state index in [9.17, 15) is 4.79 Å². The van der Waals surface area contributed by atoms with E-state index < -0.39 is 0 Å². The minimum absolute atomic E-state index is 0.815. The fourth-order valence-corrected chi connectivity index (χ4v) is 2.61. The molecule has 13 heavy (non-hydrogen) atoms. The van der Waals surface area contributed by atoms with Crippen LogP contribution in [0.15, 0.2) is 23.6 Å². The van der Waals surface area contributed by atoms with Gasteiger partial charge in [-0.15, -0.1) is 11.3 Å². The van der Waals surface area contributed by atoms with E-state index in [0.29, 0.717) is 0 Å². The summed E-state index contributed by atoms with van der Waals surface area (Å²) in [7, 11) is 0. The van der Waals surface area contributed by atoms with E-state index in [0.717, 1.165) is 23.7 Å². The summed E-state index contributed by atoms with van der Waals surface area (Å²) in [5.41, 5.74) is 2.14. The normalized spacial score (nSPS) is 10.5. The highest BCUT2D eigenvalue weighted by Gasteiger charge is 2.04. The van der Waals surface area contributed by atoms with Crippen LogP contribution in [-0.2, 0) is 6.42 Å². The largest absolute Gasteiger partial charge is 0.298 e. The van der Waals surface area contributed by atoms with Crippen LogP contribution in [0.5, 0.6) is 0 Å². The summed E-state index contributed by atoms with van der Waals surface area (Å²) in [6.45, 7) is 2.13. The highest BCUT2D eigenvalue weighted by atomic mass is 32.1. The first-order valence-electron chi connectivity index (χ1n) is 4.31. The maximum atomic E-state index is 10.7. The number of hydrogen-bond donors (Lipinski definition) is 0. The summed E-state index contributed by atoms with van der Waals surface area (Å²) >= 11 is 1.66. The molecule has 0 saturated carbocycles. The number of aldehydes is 1. The summed E-state index contributed by atoms with van der Waals surface area (Å²) in [4.78, 5) is 10.7. The van der Waals surface area contributed by atoms with E-state index in [1.54, 1.807) is 11.3 Å². The third-order valence-corrected chi connectivity index (χ3v) is 3.31. The van der Waals surface area contributed by atoms with Crippen molar-refractivity contribution in [2.75, 3.05) is 0 Å². The van der Waals surface area contributed by atoms with Gasteiger partial charge in [0.2, 0.25) is 0 Å². The van der Waals surface area contributed by atoms with Crippen LogP contribution in [0, 0.1) is 0 Å². The zero-order valence-corrected chi connectivity index (χ0v) is 8.23. The molecular weight excluding hydrogens is 180 g/mol. The Hall–Kier alpha value is -1.15. The molecule has 0 unspecified atom stereocenters. The molecule has 1 heterocycles. The number of benzene rings is 1. The zero-order valence-electron chi connectivity index (χ0n) is 7.41. The molecule has 1 aromatic heterocycles. The van der Waals surface area contributed by atoms with Gasteiger partial charge >= 0.3 is 0 Å². The molecule has 0 aliphatic rings. The lowest BCUT2D eigenvalue weighted by Gasteiger charge is -1.97. The second-order valence-electron chi connectivity index (χ2n) is 2.96. The lowest BCUT2D eigenvalue weighted by molar-refractivity contribution is 0.112. The molecule has 0 amide bonds. The second-order valence-corrected chi connectivity index (χ2v) is 3.84. The second kappa shape index (κ2) is 3.30. The number of aryl methyl sites for hydroxylation is 1. The average molecular weight is 190 g/mol. The molecule has 0 radical (unpaired) electrons. The van der Waals surface area contributed by atoms with E-state index in [1.807, 2.05) is 17.5 Å². The van der Waals surface area contributed by atoms with Gasteiger partial charge in [0.1, 0.15) is 0 Å². The molecule has 0 fully saturated rings. The number of carbonyl (C=O) groups is 1. The Labute approximate surface area is 81.0 Å². The van der Waals surface area contributed by atoms with Crippen LogP contribution < -0.4 is 0 Å². The lowest BCUT2D eigenvalue weighted by atomic mass is 10.1. The molecule has 0 saturated heterocycles. The summed E-state index contributed by atoms with van der Waals surface area (Å²) in [5.74, 6) is 0. The van der Waals surface area contributed by atoms with Crippen LogP contribution in [-0.4, -0.2) is 6.29 Å². The topological polar surface area (TPSA) is 17.1 Å². The third kappa shape index (κ3) is 1.27. The monoisotopic (exact) mass is 190 g/mol. The van der Waals surface area contributed by atoms with Crippen LogP contribution in [0.3, 0.4) is 0 Å². The van der Waals surface area contributed by atoms with Crippen LogP contribution in [0.25, 0.3) is 10.1 Å². The first-order valence-corrected chi connectivity index (χ1v) is 5.19. The quantitative estimate of drug-likeness (QED) is 0.664. The maximum Gasteiger partial charge on any atom is 0.151 e. The van der Waals surface area contributed by atoms with E-state index >= 15 is 0 Å². The molecule has 2 rings (SSSR count). The molecule has 0 spiro atoms. The lowest BCUT2D eigenvalue weighted by Crippen LogP contribution is -1.80. The number of fused-ring (bicyclic) bond motifs is 1. The van der Waals surface area contributed by atoms with Gasteiger partial charge in [0.25, 0.3) is 0 Å². The van der Waals surface area contributed by atoms with Crippen LogP contribution in [0.1, 0.15) is 22.8 Å². The fourth-order valence-electron chi connectivity index (χ4n) is 1.51. The Balaban J connectivity index is 2.79. The van der Waals surface area contributed by atoms with Gasteiger partial charge in [-0.25, -0.2) is 0 Å². The molecule has 0 aliphatic heterocycles. The molecule has 0 bridgehead atoms. The number of carbonyl (C=O) groups excluding carboxylic acids is 1. The van der Waals surface area contributed by atoms with E-state index in [1.165, 1.54) is 10.3 Å². The van der Waals surface area contributed by atoms with Crippen molar-refractivity contribution in [3.05, 3.63) is 34.7 Å². The number of rotatable bonds is 2. The Kier molecular flexibility index (Phi) is 2.15. The zero-order chi connectivity index (χ0) is 9.26. The minimum atomic E-state index is 0.815. The van der Waals surface area contributed by atoms with Crippen molar-refractivity contribution >= 4 is 27.7 Å². The molecule has 0 atom stereocenters. The number of thiophene rings is 1. The van der Waals surface area contributed by atoms with Crippen molar-refractivity contribution in [2.24, 2.45) is 0 Å². The number of hydrogen-bond acceptors (Lipinski definition) is 2. The van der Waals surface area contributed by atoms with Gasteiger partial charge in [0.15, 0.2) is 6.29 Å². The molecule has 2 aromatic rings. The predicted molar refractivity (Wildman–Crippen MR) is 56.6 cm³/mol. The highest BCUT2D eigenvalue weighted by Crippen LogP contribution is 2.28. The molecule has 2 heteroatoms. The first-order chi connectivity index (χ1) is 6.36. The van der Waals surface area contributed by atoms with E-state index in [4.69, 9.17) is 0 Å². The molecule has 0 N–H and O–H groups in total. The Morgan fingerprint density at radius 3 is 3.00 bits per heavy atom. The van der Waals surface area contributed by atoms with Crippen molar-refractivity contribution in [3.63, 3.8) is 0 Å². The van der Waals surface area contributed by atoms with Crippen LogP contribution >= 0.6 is 11.3 Å². The van der Waals surface area contributed by atoms with Gasteiger partial charge in [0, 0.05) is 21.0 Å². The molecule has 66 valence electrons. The minimum Gasteiger partial charge on any atom is -0.298 e. The van der Waals surface area contributed by atoms with Crippen molar-refractivity contribution in [2.45, 2.75) is 13.3 Å². The third-order valence-electron chi connectivity index (χ3n) is 2.22. The molecule has 1 nitrogen and oxygen atoms in total. The Bertz CT molecular complexity index is 442. The Morgan fingerprint density at radius 2 is 2.31 bits per heavy atom. The summed E-state index contributed by atoms with van der Waals surface area (Å²) in [6, 6.07) is 6.14. The van der Waals surface area contributed by atoms with Crippen LogP contribution in [0.4, 0.5) is 0 Å². The predicted octanol–water partition coefficient (Wildman–Crippen LogP) is 3.28. The SMILES string of the molecule is CCc1cccc2c(C=O)csc12. The summed E-state index contributed by atoms with van der Waals surface area (Å²) in [6.07, 6.45) is 1.95. The van der Waals surface area contributed by atoms with Gasteiger partial charge in [-0.05, 0) is 12.0 Å². The maximum absolute atomic E-state index is 10.7. The smallest absolute Gasteiger partial charge is 0.151 e. The van der Waals surface area contributed by atoms with Gasteiger partial charge in [-0.2, -0.15) is 0 Å². The first kappa shape index (κ1) is 8.45. The standard InChI is InChI=1S/C11H10OS/c1-2-8-4-3-5-10-9(6-12)7-13-11(8)10/h3-7H,2H2,1H3. The summed E-state index contributed by atoms with van der Waals surface area (Å²) in [5, 5.41) is 3.02. The van der Waals surface area contributed by atoms with E-state index in [2.05, 4.69) is 13.0 Å². The van der Waals surface area contributed by atoms with Crippen molar-refractivity contribution in [3.8, 4) is 0 Å². The van der Waals surface area contributed by atoms with Gasteiger partial charge in [0.05, 0.1) is 0 Å². The van der Waals surface area contributed by atoms with Crippen LogP contribution in [0.2, 0.25) is 0 Å². The average Bonchev–Trinajstić information content (AvgIpc) is 2.60. The van der Waals surface area contributed by atoms with Crippen molar-refractivity contribution < 1.29 is 4.79 Å². The van der Waals surface area contributed by atoms with Gasteiger partial charge in [-0.3, -0.25) is 4.79 Å².